The second-order valence-corrected chi connectivity index (χ2v) is 10.1. The number of anilines is 2. The van der Waals surface area contributed by atoms with Crippen molar-refractivity contribution in [3.05, 3.63) is 48.4 Å². The normalized spacial score (nSPS) is 22.4. The molecule has 5 rings (SSSR count). The highest BCUT2D eigenvalue weighted by Gasteiger charge is 2.58. The van der Waals surface area contributed by atoms with Crippen LogP contribution in [-0.4, -0.2) is 75.6 Å². The minimum absolute atomic E-state index is 0.158. The van der Waals surface area contributed by atoms with Crippen LogP contribution in [0.1, 0.15) is 25.7 Å². The van der Waals surface area contributed by atoms with Crippen molar-refractivity contribution in [1.82, 2.24) is 14.8 Å². The number of amides is 5. The van der Waals surface area contributed by atoms with E-state index in [1.54, 1.807) is 12.1 Å². The van der Waals surface area contributed by atoms with E-state index in [-0.39, 0.29) is 42.6 Å². The monoisotopic (exact) mass is 538 g/mol. The summed E-state index contributed by atoms with van der Waals surface area (Å²) in [5, 5.41) is 5.06. The maximum atomic E-state index is 13.9. The molecule has 1 aliphatic carbocycles. The third kappa shape index (κ3) is 5.11. The fraction of sp³-hybridized carbons (Fsp3) is 0.385. The molecule has 0 bridgehead atoms. The summed E-state index contributed by atoms with van der Waals surface area (Å²) in [6, 6.07) is 5.82. The van der Waals surface area contributed by atoms with Gasteiger partial charge in [0.2, 0.25) is 17.4 Å². The number of hydrogen-bond donors (Lipinski definition) is 3. The molecule has 2 aromatic rings. The molecule has 3 aliphatic rings. The maximum absolute atomic E-state index is 13.9. The number of primary amides is 1. The Morgan fingerprint density at radius 2 is 1.97 bits per heavy atom. The number of pyridine rings is 1. The highest BCUT2D eigenvalue weighted by Crippen LogP contribution is 2.40. The summed E-state index contributed by atoms with van der Waals surface area (Å²) in [6.45, 7) is -0.287. The summed E-state index contributed by atoms with van der Waals surface area (Å²) >= 11 is 0. The van der Waals surface area contributed by atoms with E-state index in [2.05, 4.69) is 15.6 Å². The molecule has 2 fully saturated rings. The number of ether oxygens (including phenoxy) is 1. The third-order valence-corrected chi connectivity index (χ3v) is 7.28. The van der Waals surface area contributed by atoms with Gasteiger partial charge in [0.25, 0.3) is 5.91 Å². The van der Waals surface area contributed by atoms with Crippen molar-refractivity contribution in [2.45, 2.75) is 43.4 Å². The van der Waals surface area contributed by atoms with Gasteiger partial charge in [0, 0.05) is 25.4 Å². The molecular weight excluding hydrogens is 511 g/mol. The van der Waals surface area contributed by atoms with Crippen LogP contribution in [0.5, 0.6) is 5.75 Å². The van der Waals surface area contributed by atoms with Crippen LogP contribution >= 0.6 is 0 Å². The zero-order valence-corrected chi connectivity index (χ0v) is 21.1. The number of rotatable bonds is 6. The number of carbonyl (C=O) groups excluding carboxylic acids is 5. The Labute approximate surface area is 222 Å². The van der Waals surface area contributed by atoms with Crippen molar-refractivity contribution < 1.29 is 33.1 Å². The Balaban J connectivity index is 1.38. The Bertz CT molecular complexity index is 1350. The molecule has 1 spiro atoms. The first-order chi connectivity index (χ1) is 18.6. The van der Waals surface area contributed by atoms with Gasteiger partial charge in [0.1, 0.15) is 17.9 Å². The van der Waals surface area contributed by atoms with Crippen LogP contribution in [0.25, 0.3) is 0 Å². The van der Waals surface area contributed by atoms with Gasteiger partial charge in [-0.1, -0.05) is 12.8 Å². The number of aromatic nitrogens is 1. The molecule has 4 N–H and O–H groups in total. The van der Waals surface area contributed by atoms with Crippen LogP contribution in [0.3, 0.4) is 0 Å². The second-order valence-electron chi connectivity index (χ2n) is 10.1. The van der Waals surface area contributed by atoms with E-state index in [9.17, 15) is 28.4 Å². The minimum atomic E-state index is -1.59. The lowest BCUT2D eigenvalue weighted by atomic mass is 9.97. The largest absolute Gasteiger partial charge is 0.472 e. The lowest BCUT2D eigenvalue weighted by Gasteiger charge is -2.35. The van der Waals surface area contributed by atoms with Gasteiger partial charge in [-0.3, -0.25) is 24.0 Å². The molecule has 1 saturated heterocycles. The number of hydrogen-bond acceptors (Lipinski definition) is 7. The highest BCUT2D eigenvalue weighted by atomic mass is 19.1. The van der Waals surface area contributed by atoms with E-state index in [1.807, 2.05) is 0 Å². The molecular formula is C26H27FN6O6. The van der Waals surface area contributed by atoms with Gasteiger partial charge in [0.15, 0.2) is 11.6 Å². The smallest absolute Gasteiger partial charge is 0.313 e. The number of nitrogens with zero attached hydrogens (tertiary/aromatic N) is 3. The number of likely N-dealkylation sites (N-methyl/N-ethyl adjacent to an activating group) is 1. The van der Waals surface area contributed by atoms with Crippen molar-refractivity contribution in [2.24, 2.45) is 11.7 Å². The van der Waals surface area contributed by atoms with Crippen molar-refractivity contribution in [1.29, 1.82) is 0 Å². The van der Waals surface area contributed by atoms with Crippen molar-refractivity contribution >= 4 is 41.0 Å². The van der Waals surface area contributed by atoms with E-state index in [4.69, 9.17) is 10.5 Å². The topological polar surface area (TPSA) is 164 Å². The summed E-state index contributed by atoms with van der Waals surface area (Å²) < 4.78 is 19.2. The van der Waals surface area contributed by atoms with E-state index >= 15 is 0 Å². The average Bonchev–Trinajstić information content (AvgIpc) is 3.66. The predicted molar refractivity (Wildman–Crippen MR) is 134 cm³/mol. The summed E-state index contributed by atoms with van der Waals surface area (Å²) in [4.78, 5) is 71.5. The van der Waals surface area contributed by atoms with E-state index in [0.29, 0.717) is 0 Å². The molecule has 1 aromatic heterocycles. The van der Waals surface area contributed by atoms with Gasteiger partial charge < -0.3 is 30.9 Å². The number of fused-ring (bicyclic) bond motifs is 1. The molecule has 3 atom stereocenters. The van der Waals surface area contributed by atoms with Gasteiger partial charge >= 0.3 is 11.8 Å². The molecule has 204 valence electrons. The summed E-state index contributed by atoms with van der Waals surface area (Å²) in [5.41, 5.74) is 4.27. The van der Waals surface area contributed by atoms with Gasteiger partial charge in [-0.15, -0.1) is 0 Å². The van der Waals surface area contributed by atoms with Crippen molar-refractivity contribution in [3.63, 3.8) is 0 Å². The van der Waals surface area contributed by atoms with Gasteiger partial charge in [0.05, 0.1) is 6.54 Å². The Morgan fingerprint density at radius 3 is 2.64 bits per heavy atom. The van der Waals surface area contributed by atoms with Crippen LogP contribution in [0.2, 0.25) is 0 Å². The molecule has 2 aliphatic heterocycles. The van der Waals surface area contributed by atoms with Crippen LogP contribution in [-0.2, 0) is 24.0 Å². The molecule has 1 saturated carbocycles. The van der Waals surface area contributed by atoms with Crippen molar-refractivity contribution in [3.8, 4) is 5.75 Å². The van der Waals surface area contributed by atoms with Gasteiger partial charge in [-0.05, 0) is 48.7 Å². The first-order valence-electron chi connectivity index (χ1n) is 12.5. The number of benzene rings is 1. The molecule has 0 unspecified atom stereocenters. The van der Waals surface area contributed by atoms with Crippen molar-refractivity contribution in [2.75, 3.05) is 24.2 Å². The zero-order valence-electron chi connectivity index (χ0n) is 21.1. The predicted octanol–water partition coefficient (Wildman–Crippen LogP) is 0.642. The molecule has 12 nitrogen and oxygen atoms in total. The summed E-state index contributed by atoms with van der Waals surface area (Å²) in [6.07, 6.45) is 3.27. The van der Waals surface area contributed by atoms with Crippen LogP contribution in [0.15, 0.2) is 42.6 Å². The molecule has 5 amide bonds. The first kappa shape index (κ1) is 26.1. The highest BCUT2D eigenvalue weighted by molar-refractivity contribution is 6.39. The minimum Gasteiger partial charge on any atom is -0.472 e. The quantitative estimate of drug-likeness (QED) is 0.454. The van der Waals surface area contributed by atoms with Gasteiger partial charge in [-0.2, -0.15) is 0 Å². The molecule has 39 heavy (non-hydrogen) atoms. The van der Waals surface area contributed by atoms with Crippen LogP contribution in [0.4, 0.5) is 15.9 Å². The van der Waals surface area contributed by atoms with Crippen LogP contribution < -0.4 is 21.1 Å². The van der Waals surface area contributed by atoms with Gasteiger partial charge in [-0.25, -0.2) is 9.37 Å². The lowest BCUT2D eigenvalue weighted by Crippen LogP contribution is -2.56. The Morgan fingerprint density at radius 1 is 1.26 bits per heavy atom. The SMILES string of the molecule is CN(C(=O)C(=O)Nc1ccc(F)cc1)[C@@H](CC1CC1)C(=O)N1C[C@@]2(C[C@H]1C(N)=O)Oc1cccnc1NC2=O. The second kappa shape index (κ2) is 9.97. The number of carbonyl (C=O) groups is 5. The standard InChI is InChI=1S/C26H27FN6O6/c1-32(24(37)22(35)30-16-8-6-15(27)7-9-16)17(11-14-4-5-14)23(36)33-13-26(12-18(33)20(28)34)25(38)31-21-19(39-26)3-2-10-29-21/h2-3,6-10,14,17-18H,4-5,11-13H2,1H3,(H2,28,34)(H,30,35)(H,29,31,38)/t17-,18-,26+/m0/s1. The van der Waals surface area contributed by atoms with E-state index in [0.717, 1.165) is 34.8 Å². The Kier molecular flexibility index (Phi) is 6.66. The molecule has 1 aromatic carbocycles. The molecule has 0 radical (unpaired) electrons. The number of halogens is 1. The molecule has 13 heteroatoms. The maximum Gasteiger partial charge on any atom is 0.313 e. The fourth-order valence-corrected chi connectivity index (χ4v) is 4.95. The fourth-order valence-electron chi connectivity index (χ4n) is 4.95. The van der Waals surface area contributed by atoms with E-state index < -0.39 is 53.0 Å². The molecule has 3 heterocycles. The zero-order chi connectivity index (χ0) is 27.9. The third-order valence-electron chi connectivity index (χ3n) is 7.28. The lowest BCUT2D eigenvalue weighted by molar-refractivity contribution is -0.151. The summed E-state index contributed by atoms with van der Waals surface area (Å²) in [5.74, 6) is -3.87. The van der Waals surface area contributed by atoms with Crippen LogP contribution in [0, 0.1) is 11.7 Å². The Hall–Kier alpha value is -4.55. The number of nitrogens with two attached hydrogens (primary N) is 1. The number of nitrogens with one attached hydrogen (secondary N) is 2. The summed E-state index contributed by atoms with van der Waals surface area (Å²) in [7, 11) is 1.33. The first-order valence-corrected chi connectivity index (χ1v) is 12.5. The van der Waals surface area contributed by atoms with E-state index in [1.165, 1.54) is 25.4 Å². The average molecular weight is 539 g/mol. The number of likely N-dealkylation sites (tertiary alicyclic amines) is 1.